The summed E-state index contributed by atoms with van der Waals surface area (Å²) in [6.07, 6.45) is 10.0. The van der Waals surface area contributed by atoms with Crippen molar-refractivity contribution >= 4 is 49.9 Å². The van der Waals surface area contributed by atoms with E-state index in [0.717, 1.165) is 54.0 Å². The smallest absolute Gasteiger partial charge is 0.152 e. The number of hydrogen-bond donors (Lipinski definition) is 1. The van der Waals surface area contributed by atoms with Gasteiger partial charge in [0.25, 0.3) is 0 Å². The lowest BCUT2D eigenvalue weighted by molar-refractivity contribution is 1.42. The zero-order valence-electron chi connectivity index (χ0n) is 18.8. The van der Waals surface area contributed by atoms with Gasteiger partial charge in [0.1, 0.15) is 5.01 Å². The summed E-state index contributed by atoms with van der Waals surface area (Å²) < 4.78 is 1.16. The second-order valence-electron chi connectivity index (χ2n) is 8.31. The maximum atomic E-state index is 8.70. The standard InChI is InChI=1S/C31H21N3S/c32-30(33-27-14-8-7-13-24(27)19-21-9-3-1-4-10-21)25-15-17-26-23(20-25)16-18-28-29(26)34-31(35-28)22-11-5-2-6-12-22/h1-20,32H/b24-19+,32-30?,33-27?. The minimum Gasteiger partial charge on any atom is -0.282 e. The van der Waals surface area contributed by atoms with Crippen LogP contribution in [0, 0.1) is 5.41 Å². The molecule has 6 rings (SSSR count). The van der Waals surface area contributed by atoms with Gasteiger partial charge in [-0.2, -0.15) is 0 Å². The van der Waals surface area contributed by atoms with Gasteiger partial charge in [0, 0.05) is 22.1 Å². The molecule has 0 spiro atoms. The minimum atomic E-state index is 0.240. The largest absolute Gasteiger partial charge is 0.282 e. The van der Waals surface area contributed by atoms with E-state index in [1.807, 2.05) is 72.8 Å². The molecule has 0 aliphatic heterocycles. The zero-order chi connectivity index (χ0) is 23.6. The third-order valence-corrected chi connectivity index (χ3v) is 7.03. The molecule has 1 heterocycles. The van der Waals surface area contributed by atoms with Gasteiger partial charge in [0.15, 0.2) is 5.84 Å². The van der Waals surface area contributed by atoms with E-state index < -0.39 is 0 Å². The molecule has 0 radical (unpaired) electrons. The lowest BCUT2D eigenvalue weighted by Crippen LogP contribution is -2.05. The Bertz CT molecular complexity index is 1690. The van der Waals surface area contributed by atoms with Gasteiger partial charge in [-0.3, -0.25) is 5.41 Å². The first-order valence-corrected chi connectivity index (χ1v) is 12.2. The van der Waals surface area contributed by atoms with Crippen molar-refractivity contribution in [2.75, 3.05) is 0 Å². The van der Waals surface area contributed by atoms with Crippen molar-refractivity contribution < 1.29 is 0 Å². The van der Waals surface area contributed by atoms with Crippen LogP contribution in [0.15, 0.2) is 126 Å². The fourth-order valence-electron chi connectivity index (χ4n) is 4.20. The van der Waals surface area contributed by atoms with E-state index in [-0.39, 0.29) is 5.84 Å². The predicted molar refractivity (Wildman–Crippen MR) is 150 cm³/mol. The van der Waals surface area contributed by atoms with Gasteiger partial charge in [-0.15, -0.1) is 11.3 Å². The van der Waals surface area contributed by atoms with E-state index in [1.165, 1.54) is 0 Å². The first-order valence-electron chi connectivity index (χ1n) is 11.4. The van der Waals surface area contributed by atoms with E-state index in [4.69, 9.17) is 10.4 Å². The molecule has 5 aromatic rings. The molecule has 0 bridgehead atoms. The number of nitrogens with zero attached hydrogens (tertiary/aromatic N) is 2. The molecule has 166 valence electrons. The predicted octanol–water partition coefficient (Wildman–Crippen LogP) is 8.09. The first kappa shape index (κ1) is 21.1. The molecule has 35 heavy (non-hydrogen) atoms. The van der Waals surface area contributed by atoms with Gasteiger partial charge in [0.2, 0.25) is 0 Å². The number of aromatic nitrogens is 1. The van der Waals surface area contributed by atoms with E-state index >= 15 is 0 Å². The number of thiazole rings is 1. The number of benzene rings is 4. The topological polar surface area (TPSA) is 49.1 Å². The quantitative estimate of drug-likeness (QED) is 0.211. The fraction of sp³-hybridized carbons (Fsp3) is 0. The molecule has 0 amide bonds. The Balaban J connectivity index is 1.35. The average Bonchev–Trinajstić information content (AvgIpc) is 3.36. The summed E-state index contributed by atoms with van der Waals surface area (Å²) in [5.41, 5.74) is 5.79. The molecule has 4 heteroatoms. The van der Waals surface area contributed by atoms with Crippen LogP contribution in [-0.4, -0.2) is 16.5 Å². The van der Waals surface area contributed by atoms with Gasteiger partial charge < -0.3 is 0 Å². The van der Waals surface area contributed by atoms with Crippen LogP contribution in [0.3, 0.4) is 0 Å². The van der Waals surface area contributed by atoms with Crippen LogP contribution < -0.4 is 0 Å². The monoisotopic (exact) mass is 467 g/mol. The Kier molecular flexibility index (Phi) is 5.49. The van der Waals surface area contributed by atoms with Crippen molar-refractivity contribution in [1.29, 1.82) is 5.41 Å². The molecular weight excluding hydrogens is 446 g/mol. The molecular formula is C31H21N3S. The highest BCUT2D eigenvalue weighted by molar-refractivity contribution is 7.21. The summed E-state index contributed by atoms with van der Waals surface area (Å²) in [6, 6.07) is 30.7. The first-order chi connectivity index (χ1) is 17.2. The third-order valence-electron chi connectivity index (χ3n) is 5.96. The van der Waals surface area contributed by atoms with Crippen molar-refractivity contribution in [3.63, 3.8) is 0 Å². The molecule has 0 unspecified atom stereocenters. The molecule has 1 aromatic heterocycles. The molecule has 0 saturated carbocycles. The normalized spacial score (nSPS) is 15.4. The highest BCUT2D eigenvalue weighted by Gasteiger charge is 2.12. The van der Waals surface area contributed by atoms with Gasteiger partial charge in [-0.05, 0) is 35.2 Å². The van der Waals surface area contributed by atoms with E-state index in [2.05, 4.69) is 53.5 Å². The molecule has 0 saturated heterocycles. The van der Waals surface area contributed by atoms with E-state index in [1.54, 1.807) is 11.3 Å². The van der Waals surface area contributed by atoms with Gasteiger partial charge in [-0.25, -0.2) is 9.98 Å². The van der Waals surface area contributed by atoms with Crippen molar-refractivity contribution in [3.05, 3.63) is 132 Å². The van der Waals surface area contributed by atoms with Crippen LogP contribution in [0.5, 0.6) is 0 Å². The lowest BCUT2D eigenvalue weighted by atomic mass is 10.0. The molecule has 0 atom stereocenters. The van der Waals surface area contributed by atoms with Crippen LogP contribution in [-0.2, 0) is 0 Å². The van der Waals surface area contributed by atoms with Crippen molar-refractivity contribution in [2.24, 2.45) is 4.99 Å². The maximum absolute atomic E-state index is 8.70. The third kappa shape index (κ3) is 4.27. The number of nitrogens with one attached hydrogen (secondary N) is 1. The summed E-state index contributed by atoms with van der Waals surface area (Å²) in [5, 5.41) is 11.9. The Morgan fingerprint density at radius 1 is 0.829 bits per heavy atom. The SMILES string of the molecule is N=C(N=C1C=CC=C/C1=C\c1ccccc1)c1ccc2c(ccc3sc(-c4ccccc4)nc32)c1. The van der Waals surface area contributed by atoms with Crippen LogP contribution in [0.2, 0.25) is 0 Å². The average molecular weight is 468 g/mol. The second kappa shape index (κ2) is 9.09. The molecule has 4 aromatic carbocycles. The zero-order valence-corrected chi connectivity index (χ0v) is 19.7. The van der Waals surface area contributed by atoms with Crippen molar-refractivity contribution in [1.82, 2.24) is 4.98 Å². The summed E-state index contributed by atoms with van der Waals surface area (Å²) >= 11 is 1.70. The van der Waals surface area contributed by atoms with Crippen LogP contribution in [0.1, 0.15) is 11.1 Å². The summed E-state index contributed by atoms with van der Waals surface area (Å²) in [4.78, 5) is 9.62. The maximum Gasteiger partial charge on any atom is 0.152 e. The highest BCUT2D eigenvalue weighted by atomic mass is 32.1. The van der Waals surface area contributed by atoms with Crippen LogP contribution in [0.25, 0.3) is 37.6 Å². The Hall–Kier alpha value is -4.41. The Morgan fingerprint density at radius 2 is 1.60 bits per heavy atom. The summed E-state index contributed by atoms with van der Waals surface area (Å²) in [5.74, 6) is 0.240. The summed E-state index contributed by atoms with van der Waals surface area (Å²) in [6.45, 7) is 0. The number of aliphatic imine (C=N–C) groups is 1. The number of allylic oxidation sites excluding steroid dienone is 5. The van der Waals surface area contributed by atoms with E-state index in [9.17, 15) is 0 Å². The Morgan fingerprint density at radius 3 is 2.43 bits per heavy atom. The molecule has 1 aliphatic carbocycles. The van der Waals surface area contributed by atoms with Crippen LogP contribution >= 0.6 is 11.3 Å². The Labute approximate surface area is 207 Å². The van der Waals surface area contributed by atoms with Gasteiger partial charge >= 0.3 is 0 Å². The fourth-order valence-corrected chi connectivity index (χ4v) is 5.18. The van der Waals surface area contributed by atoms with Gasteiger partial charge in [0.05, 0.1) is 15.9 Å². The minimum absolute atomic E-state index is 0.240. The number of rotatable bonds is 3. The van der Waals surface area contributed by atoms with Crippen molar-refractivity contribution in [2.45, 2.75) is 0 Å². The highest BCUT2D eigenvalue weighted by Crippen LogP contribution is 2.34. The van der Waals surface area contributed by atoms with Crippen molar-refractivity contribution in [3.8, 4) is 10.6 Å². The summed E-state index contributed by atoms with van der Waals surface area (Å²) in [7, 11) is 0. The van der Waals surface area contributed by atoms with Crippen LogP contribution in [0.4, 0.5) is 0 Å². The molecule has 1 N–H and O–H groups in total. The number of fused-ring (bicyclic) bond motifs is 3. The number of hydrogen-bond acceptors (Lipinski definition) is 3. The number of amidine groups is 1. The molecule has 3 nitrogen and oxygen atoms in total. The van der Waals surface area contributed by atoms with E-state index in [0.29, 0.717) is 0 Å². The second-order valence-corrected chi connectivity index (χ2v) is 9.34. The molecule has 0 fully saturated rings. The van der Waals surface area contributed by atoms with Gasteiger partial charge in [-0.1, -0.05) is 97.1 Å². The molecule has 1 aliphatic rings. The lowest BCUT2D eigenvalue weighted by Gasteiger charge is -2.09.